The monoisotopic (exact) mass is 306 g/mol. The Morgan fingerprint density at radius 3 is 3.00 bits per heavy atom. The molecule has 7 heteroatoms. The van der Waals surface area contributed by atoms with Crippen molar-refractivity contribution in [3.63, 3.8) is 0 Å². The van der Waals surface area contributed by atoms with Crippen molar-refractivity contribution in [1.29, 1.82) is 0 Å². The van der Waals surface area contributed by atoms with Crippen LogP contribution >= 0.6 is 11.6 Å². The second-order valence-electron chi connectivity index (χ2n) is 5.83. The number of halogens is 1. The first-order valence-corrected chi connectivity index (χ1v) is 7.28. The van der Waals surface area contributed by atoms with Crippen LogP contribution in [-0.2, 0) is 15.0 Å². The number of hydrogen-bond donors (Lipinski definition) is 3. The van der Waals surface area contributed by atoms with Crippen LogP contribution in [0.2, 0.25) is 5.02 Å². The predicted molar refractivity (Wildman–Crippen MR) is 77.7 cm³/mol. The molecule has 1 spiro atoms. The van der Waals surface area contributed by atoms with Crippen LogP contribution in [0.5, 0.6) is 0 Å². The molecule has 3 unspecified atom stereocenters. The van der Waals surface area contributed by atoms with Crippen LogP contribution in [0, 0.1) is 5.92 Å². The van der Waals surface area contributed by atoms with E-state index < -0.39 is 5.41 Å². The average molecular weight is 307 g/mol. The third-order valence-electron chi connectivity index (χ3n) is 4.86. The summed E-state index contributed by atoms with van der Waals surface area (Å²) in [5.74, 6) is -0.215. The Hall–Kier alpha value is -1.63. The Kier molecular flexibility index (Phi) is 2.61. The number of carbonyl (C=O) groups excluding carboxylic acids is 2. The minimum atomic E-state index is -0.835. The molecule has 0 bridgehead atoms. The summed E-state index contributed by atoms with van der Waals surface area (Å²) in [7, 11) is 1.72. The lowest BCUT2D eigenvalue weighted by Gasteiger charge is -2.40. The SMILES string of the molecule is CN1C(=O)C2(CC(=O)NC3NNCC32)c2cccc(Cl)c21. The molecule has 4 rings (SSSR count). The van der Waals surface area contributed by atoms with Crippen LogP contribution < -0.4 is 21.1 Å². The zero-order chi connectivity index (χ0) is 14.8. The number of nitrogens with zero attached hydrogens (tertiary/aromatic N) is 1. The predicted octanol–water partition coefficient (Wildman–Crippen LogP) is 0.124. The number of para-hydroxylation sites is 1. The first-order chi connectivity index (χ1) is 10.1. The largest absolute Gasteiger partial charge is 0.339 e. The fourth-order valence-corrected chi connectivity index (χ4v) is 4.26. The van der Waals surface area contributed by atoms with Gasteiger partial charge in [0.25, 0.3) is 0 Å². The van der Waals surface area contributed by atoms with Crippen LogP contribution in [0.3, 0.4) is 0 Å². The summed E-state index contributed by atoms with van der Waals surface area (Å²) in [6, 6.07) is 5.53. The molecule has 2 fully saturated rings. The van der Waals surface area contributed by atoms with E-state index in [1.807, 2.05) is 12.1 Å². The topological polar surface area (TPSA) is 73.5 Å². The highest BCUT2D eigenvalue weighted by atomic mass is 35.5. The maximum atomic E-state index is 13.0. The van der Waals surface area contributed by atoms with Gasteiger partial charge in [0.2, 0.25) is 11.8 Å². The van der Waals surface area contributed by atoms with E-state index in [9.17, 15) is 9.59 Å². The van der Waals surface area contributed by atoms with Crippen molar-refractivity contribution in [3.05, 3.63) is 28.8 Å². The third kappa shape index (κ3) is 1.50. The summed E-state index contributed by atoms with van der Waals surface area (Å²) in [4.78, 5) is 26.7. The van der Waals surface area contributed by atoms with E-state index in [0.29, 0.717) is 11.6 Å². The summed E-state index contributed by atoms with van der Waals surface area (Å²) in [6.45, 7) is 0.622. The molecule has 110 valence electrons. The highest BCUT2D eigenvalue weighted by Gasteiger charge is 2.61. The van der Waals surface area contributed by atoms with Gasteiger partial charge in [0, 0.05) is 25.9 Å². The molecule has 1 aromatic rings. The van der Waals surface area contributed by atoms with Gasteiger partial charge < -0.3 is 10.2 Å². The third-order valence-corrected chi connectivity index (χ3v) is 5.16. The van der Waals surface area contributed by atoms with E-state index >= 15 is 0 Å². The Morgan fingerprint density at radius 1 is 1.38 bits per heavy atom. The maximum absolute atomic E-state index is 13.0. The smallest absolute Gasteiger partial charge is 0.238 e. The zero-order valence-electron chi connectivity index (χ0n) is 11.4. The number of nitrogens with one attached hydrogen (secondary N) is 3. The molecule has 2 amide bonds. The molecule has 2 saturated heterocycles. The Morgan fingerprint density at radius 2 is 2.19 bits per heavy atom. The normalized spacial score (nSPS) is 34.1. The molecule has 1 aromatic carbocycles. The summed E-state index contributed by atoms with van der Waals surface area (Å²) in [5.41, 5.74) is 6.83. The first-order valence-electron chi connectivity index (χ1n) is 6.90. The Balaban J connectivity index is 1.97. The minimum Gasteiger partial charge on any atom is -0.339 e. The molecule has 3 atom stereocenters. The molecule has 3 heterocycles. The molecule has 0 saturated carbocycles. The van der Waals surface area contributed by atoms with E-state index in [-0.39, 0.29) is 30.3 Å². The maximum Gasteiger partial charge on any atom is 0.238 e. The van der Waals surface area contributed by atoms with E-state index in [1.165, 1.54) is 0 Å². The number of rotatable bonds is 0. The van der Waals surface area contributed by atoms with Gasteiger partial charge in [0.05, 0.1) is 22.3 Å². The molecule has 6 nitrogen and oxygen atoms in total. The van der Waals surface area contributed by atoms with Crippen LogP contribution in [-0.4, -0.2) is 31.6 Å². The molecule has 0 aromatic heterocycles. The highest BCUT2D eigenvalue weighted by Crippen LogP contribution is 2.52. The van der Waals surface area contributed by atoms with Crippen molar-refractivity contribution in [1.82, 2.24) is 16.2 Å². The van der Waals surface area contributed by atoms with Crippen molar-refractivity contribution < 1.29 is 9.59 Å². The summed E-state index contributed by atoms with van der Waals surface area (Å²) >= 11 is 6.29. The lowest BCUT2D eigenvalue weighted by atomic mass is 9.65. The van der Waals surface area contributed by atoms with Gasteiger partial charge in [-0.25, -0.2) is 5.43 Å². The molecule has 0 radical (unpaired) electrons. The van der Waals surface area contributed by atoms with Gasteiger partial charge in [0.1, 0.15) is 0 Å². The molecular weight excluding hydrogens is 292 g/mol. The number of fused-ring (bicyclic) bond motifs is 4. The highest BCUT2D eigenvalue weighted by molar-refractivity contribution is 6.35. The van der Waals surface area contributed by atoms with Crippen LogP contribution in [0.4, 0.5) is 5.69 Å². The summed E-state index contributed by atoms with van der Waals surface area (Å²) in [6.07, 6.45) is -0.0813. The number of amides is 2. The van der Waals surface area contributed by atoms with Gasteiger partial charge in [-0.05, 0) is 11.6 Å². The summed E-state index contributed by atoms with van der Waals surface area (Å²) in [5, 5.41) is 3.44. The molecule has 3 aliphatic heterocycles. The van der Waals surface area contributed by atoms with E-state index in [0.717, 1.165) is 11.3 Å². The standard InChI is InChI=1S/C14H15ClN4O2/c1-19-11-7(3-2-4-9(11)15)14(13(19)21)5-10(20)17-12-8(14)6-16-18-12/h2-4,8,12,16,18H,5-6H2,1H3,(H,17,20). The Bertz CT molecular complexity index is 664. The number of benzene rings is 1. The lowest BCUT2D eigenvalue weighted by molar-refractivity contribution is -0.135. The Labute approximate surface area is 126 Å². The van der Waals surface area contributed by atoms with Gasteiger partial charge >= 0.3 is 0 Å². The van der Waals surface area contributed by atoms with Crippen molar-refractivity contribution in [3.8, 4) is 0 Å². The van der Waals surface area contributed by atoms with E-state index in [2.05, 4.69) is 16.2 Å². The average Bonchev–Trinajstić information content (AvgIpc) is 2.99. The first kappa shape index (κ1) is 13.1. The number of piperidine rings is 1. The quantitative estimate of drug-likeness (QED) is 0.637. The number of anilines is 1. The second kappa shape index (κ2) is 4.19. The van der Waals surface area contributed by atoms with Gasteiger partial charge in [-0.15, -0.1) is 0 Å². The van der Waals surface area contributed by atoms with Crippen LogP contribution in [0.25, 0.3) is 0 Å². The van der Waals surface area contributed by atoms with Crippen molar-refractivity contribution >= 4 is 29.1 Å². The summed E-state index contributed by atoms with van der Waals surface area (Å²) < 4.78 is 0. The van der Waals surface area contributed by atoms with Crippen molar-refractivity contribution in [2.75, 3.05) is 18.5 Å². The second-order valence-corrected chi connectivity index (χ2v) is 6.23. The molecule has 3 N–H and O–H groups in total. The lowest BCUT2D eigenvalue weighted by Crippen LogP contribution is -2.61. The number of likely N-dealkylation sites (N-methyl/N-ethyl adjacent to an activating group) is 1. The minimum absolute atomic E-state index is 0.0372. The van der Waals surface area contributed by atoms with E-state index in [1.54, 1.807) is 18.0 Å². The van der Waals surface area contributed by atoms with Gasteiger partial charge in [-0.3, -0.25) is 15.0 Å². The number of hydrazine groups is 1. The fraction of sp³-hybridized carbons (Fsp3) is 0.429. The molecule has 21 heavy (non-hydrogen) atoms. The van der Waals surface area contributed by atoms with Gasteiger partial charge in [-0.1, -0.05) is 23.7 Å². The zero-order valence-corrected chi connectivity index (χ0v) is 12.2. The van der Waals surface area contributed by atoms with Crippen molar-refractivity contribution in [2.24, 2.45) is 5.92 Å². The van der Waals surface area contributed by atoms with Crippen molar-refractivity contribution in [2.45, 2.75) is 18.0 Å². The molecule has 3 aliphatic rings. The van der Waals surface area contributed by atoms with Gasteiger partial charge in [-0.2, -0.15) is 0 Å². The van der Waals surface area contributed by atoms with E-state index in [4.69, 9.17) is 11.6 Å². The van der Waals surface area contributed by atoms with Crippen LogP contribution in [0.1, 0.15) is 12.0 Å². The number of carbonyl (C=O) groups is 2. The fourth-order valence-electron chi connectivity index (χ4n) is 3.96. The van der Waals surface area contributed by atoms with Gasteiger partial charge in [0.15, 0.2) is 0 Å². The molecule has 0 aliphatic carbocycles. The van der Waals surface area contributed by atoms with Crippen LogP contribution in [0.15, 0.2) is 18.2 Å². The molecular formula is C14H15ClN4O2. The number of hydrogen-bond acceptors (Lipinski definition) is 4.